The van der Waals surface area contributed by atoms with E-state index >= 15 is 0 Å². The van der Waals surface area contributed by atoms with Crippen molar-refractivity contribution in [2.24, 2.45) is 11.8 Å². The predicted molar refractivity (Wildman–Crippen MR) is 48.2 cm³/mol. The van der Waals surface area contributed by atoms with E-state index in [1.54, 1.807) is 5.48 Å². The van der Waals surface area contributed by atoms with Crippen molar-refractivity contribution in [3.05, 3.63) is 0 Å². The zero-order valence-electron chi connectivity index (χ0n) is 8.33. The van der Waals surface area contributed by atoms with Gasteiger partial charge in [-0.3, -0.25) is 14.8 Å². The molecule has 0 saturated heterocycles. The van der Waals surface area contributed by atoms with Crippen LogP contribution in [0.25, 0.3) is 0 Å². The lowest BCUT2D eigenvalue weighted by Gasteiger charge is -2.20. The molecule has 0 aliphatic heterocycles. The number of rotatable bonds is 5. The Bertz CT molecular complexity index is 191. The average molecular weight is 187 g/mol. The van der Waals surface area contributed by atoms with Crippen LogP contribution in [0.15, 0.2) is 0 Å². The average Bonchev–Trinajstić information content (AvgIpc) is 2.12. The Morgan fingerprint density at radius 1 is 1.23 bits per heavy atom. The second-order valence-electron chi connectivity index (χ2n) is 3.12. The van der Waals surface area contributed by atoms with Crippen LogP contribution in [-0.4, -0.2) is 16.9 Å². The highest BCUT2D eigenvalue weighted by Gasteiger charge is 2.28. The maximum Gasteiger partial charge on any atom is 0.247 e. The Morgan fingerprint density at radius 2 is 1.69 bits per heavy atom. The molecule has 0 aromatic rings. The maximum absolute atomic E-state index is 11.1. The molecule has 4 nitrogen and oxygen atoms in total. The van der Waals surface area contributed by atoms with Gasteiger partial charge in [0, 0.05) is 11.8 Å². The summed E-state index contributed by atoms with van der Waals surface area (Å²) >= 11 is 0. The summed E-state index contributed by atoms with van der Waals surface area (Å²) in [5.74, 6) is -1.16. The normalized spacial score (nSPS) is 14.8. The molecule has 0 rings (SSSR count). The molecule has 0 unspecified atom stereocenters. The Hall–Kier alpha value is -0.900. The smallest absolute Gasteiger partial charge is 0.247 e. The Balaban J connectivity index is 4.52. The van der Waals surface area contributed by atoms with E-state index in [1.165, 1.54) is 6.92 Å². The van der Waals surface area contributed by atoms with Crippen LogP contribution >= 0.6 is 0 Å². The molecule has 0 aliphatic carbocycles. The summed E-state index contributed by atoms with van der Waals surface area (Å²) in [6, 6.07) is 0. The van der Waals surface area contributed by atoms with Crippen LogP contribution in [0.5, 0.6) is 0 Å². The number of amides is 1. The van der Waals surface area contributed by atoms with Gasteiger partial charge in [0.15, 0.2) is 0 Å². The minimum atomic E-state index is -0.468. The predicted octanol–water partition coefficient (Wildman–Crippen LogP) is 1.13. The van der Waals surface area contributed by atoms with Gasteiger partial charge in [-0.2, -0.15) is 0 Å². The molecule has 0 radical (unpaired) electrons. The van der Waals surface area contributed by atoms with Gasteiger partial charge in [-0.25, -0.2) is 5.48 Å². The summed E-state index contributed by atoms with van der Waals surface area (Å²) < 4.78 is 0. The first-order valence-electron chi connectivity index (χ1n) is 4.52. The highest BCUT2D eigenvalue weighted by molar-refractivity contribution is 5.86. The number of hydrogen-bond donors (Lipinski definition) is 2. The van der Waals surface area contributed by atoms with Gasteiger partial charge in [0.25, 0.3) is 0 Å². The lowest BCUT2D eigenvalue weighted by molar-refractivity contribution is -0.139. The van der Waals surface area contributed by atoms with Crippen molar-refractivity contribution in [1.82, 2.24) is 5.48 Å². The van der Waals surface area contributed by atoms with E-state index in [2.05, 4.69) is 0 Å². The number of carbonyl (C=O) groups excluding carboxylic acids is 2. The minimum Gasteiger partial charge on any atom is -0.300 e. The summed E-state index contributed by atoms with van der Waals surface area (Å²) in [6.45, 7) is 5.16. The number of carbonyl (C=O) groups is 2. The topological polar surface area (TPSA) is 66.4 Å². The van der Waals surface area contributed by atoms with Gasteiger partial charge in [-0.15, -0.1) is 0 Å². The zero-order chi connectivity index (χ0) is 10.4. The van der Waals surface area contributed by atoms with E-state index in [4.69, 9.17) is 5.21 Å². The zero-order valence-corrected chi connectivity index (χ0v) is 8.33. The third kappa shape index (κ3) is 3.14. The van der Waals surface area contributed by atoms with E-state index in [0.717, 1.165) is 0 Å². The monoisotopic (exact) mass is 187 g/mol. The van der Waals surface area contributed by atoms with Gasteiger partial charge in [-0.1, -0.05) is 13.8 Å². The molecular formula is C9H17NO3. The van der Waals surface area contributed by atoms with Crippen LogP contribution in [0, 0.1) is 11.8 Å². The van der Waals surface area contributed by atoms with Crippen LogP contribution in [0.2, 0.25) is 0 Å². The molecule has 0 fully saturated rings. The molecule has 2 atom stereocenters. The summed E-state index contributed by atoms with van der Waals surface area (Å²) in [4.78, 5) is 22.3. The fourth-order valence-electron chi connectivity index (χ4n) is 1.59. The summed E-state index contributed by atoms with van der Waals surface area (Å²) in [6.07, 6.45) is 1.19. The van der Waals surface area contributed by atoms with Crippen LogP contribution in [0.4, 0.5) is 0 Å². The molecule has 0 saturated carbocycles. The second-order valence-corrected chi connectivity index (χ2v) is 3.12. The van der Waals surface area contributed by atoms with Crippen molar-refractivity contribution in [1.29, 1.82) is 0 Å². The molecule has 4 heteroatoms. The van der Waals surface area contributed by atoms with Crippen molar-refractivity contribution in [3.63, 3.8) is 0 Å². The first-order chi connectivity index (χ1) is 6.08. The quantitative estimate of drug-likeness (QED) is 0.501. The van der Waals surface area contributed by atoms with Crippen molar-refractivity contribution >= 4 is 11.7 Å². The third-order valence-corrected chi connectivity index (χ3v) is 2.33. The molecule has 0 spiro atoms. The fraction of sp³-hybridized carbons (Fsp3) is 0.778. The largest absolute Gasteiger partial charge is 0.300 e. The second kappa shape index (κ2) is 5.70. The molecule has 2 N–H and O–H groups in total. The van der Waals surface area contributed by atoms with Gasteiger partial charge >= 0.3 is 0 Å². The van der Waals surface area contributed by atoms with Crippen molar-refractivity contribution in [3.8, 4) is 0 Å². The number of nitrogens with one attached hydrogen (secondary N) is 1. The number of Topliss-reactive ketones (excluding diaryl/α,β-unsaturated/α-hetero) is 1. The Kier molecular flexibility index (Phi) is 5.30. The first kappa shape index (κ1) is 12.1. The van der Waals surface area contributed by atoms with Gasteiger partial charge < -0.3 is 0 Å². The van der Waals surface area contributed by atoms with E-state index in [0.29, 0.717) is 12.8 Å². The maximum atomic E-state index is 11.1. The molecular weight excluding hydrogens is 170 g/mol. The SMILES string of the molecule is CC[C@H](C(=O)NO)[C@@H](CC)C(C)=O. The standard InChI is InChI=1S/C9H17NO3/c1-4-7(6(3)11)8(5-2)9(12)10-13/h7-8,13H,4-5H2,1-3H3,(H,10,12)/t7-,8-/m0/s1. The number of hydroxylamine groups is 1. The summed E-state index contributed by atoms with van der Waals surface area (Å²) in [7, 11) is 0. The van der Waals surface area contributed by atoms with E-state index in [1.807, 2.05) is 13.8 Å². The fourth-order valence-corrected chi connectivity index (χ4v) is 1.59. The molecule has 0 aromatic carbocycles. The molecule has 0 aliphatic rings. The lowest BCUT2D eigenvalue weighted by Crippen LogP contribution is -2.35. The van der Waals surface area contributed by atoms with E-state index in [-0.39, 0.29) is 11.7 Å². The van der Waals surface area contributed by atoms with E-state index < -0.39 is 11.8 Å². The highest BCUT2D eigenvalue weighted by atomic mass is 16.5. The molecule has 13 heavy (non-hydrogen) atoms. The van der Waals surface area contributed by atoms with Crippen molar-refractivity contribution < 1.29 is 14.8 Å². The van der Waals surface area contributed by atoms with Gasteiger partial charge in [-0.05, 0) is 19.8 Å². The van der Waals surface area contributed by atoms with Gasteiger partial charge in [0.1, 0.15) is 5.78 Å². The highest BCUT2D eigenvalue weighted by Crippen LogP contribution is 2.20. The lowest BCUT2D eigenvalue weighted by atomic mass is 9.85. The van der Waals surface area contributed by atoms with E-state index in [9.17, 15) is 9.59 Å². The van der Waals surface area contributed by atoms with Gasteiger partial charge in [0.2, 0.25) is 5.91 Å². The first-order valence-corrected chi connectivity index (χ1v) is 4.52. The van der Waals surface area contributed by atoms with Crippen molar-refractivity contribution in [2.45, 2.75) is 33.6 Å². The summed E-state index contributed by atoms with van der Waals surface area (Å²) in [5.41, 5.74) is 1.59. The van der Waals surface area contributed by atoms with Crippen molar-refractivity contribution in [2.75, 3.05) is 0 Å². The molecule has 0 bridgehead atoms. The van der Waals surface area contributed by atoms with Crippen LogP contribution < -0.4 is 5.48 Å². The Labute approximate surface area is 78.3 Å². The van der Waals surface area contributed by atoms with Crippen LogP contribution in [0.1, 0.15) is 33.6 Å². The number of hydrogen-bond acceptors (Lipinski definition) is 3. The third-order valence-electron chi connectivity index (χ3n) is 2.33. The Morgan fingerprint density at radius 3 is 1.92 bits per heavy atom. The number of ketones is 1. The molecule has 0 heterocycles. The molecule has 0 aromatic heterocycles. The van der Waals surface area contributed by atoms with Crippen LogP contribution in [0.3, 0.4) is 0 Å². The molecule has 1 amide bonds. The van der Waals surface area contributed by atoms with Crippen LogP contribution in [-0.2, 0) is 9.59 Å². The minimum absolute atomic E-state index is 0.00190. The van der Waals surface area contributed by atoms with Gasteiger partial charge in [0.05, 0.1) is 0 Å². The molecule has 76 valence electrons. The summed E-state index contributed by atoms with van der Waals surface area (Å²) in [5, 5.41) is 8.45.